The van der Waals surface area contributed by atoms with Crippen molar-refractivity contribution in [3.8, 4) is 5.75 Å². The second-order valence-electron chi connectivity index (χ2n) is 7.53. The molecule has 4 unspecified atom stereocenters. The third-order valence-corrected chi connectivity index (χ3v) is 5.09. The summed E-state index contributed by atoms with van der Waals surface area (Å²) < 4.78 is 0. The maximum atomic E-state index is 12.9. The van der Waals surface area contributed by atoms with E-state index >= 15 is 0 Å². The second-order valence-corrected chi connectivity index (χ2v) is 7.53. The molecule has 0 spiro atoms. The molecular weight excluding hydrogens is 388 g/mol. The van der Waals surface area contributed by atoms with E-state index in [1.54, 1.807) is 19.1 Å². The highest BCUT2D eigenvalue weighted by molar-refractivity contribution is 5.92. The Morgan fingerprint density at radius 1 is 1.07 bits per heavy atom. The van der Waals surface area contributed by atoms with Crippen molar-refractivity contribution in [1.82, 2.24) is 10.6 Å². The van der Waals surface area contributed by atoms with Crippen molar-refractivity contribution in [3.63, 3.8) is 0 Å². The zero-order valence-corrected chi connectivity index (χ0v) is 17.6. The van der Waals surface area contributed by atoms with Crippen molar-refractivity contribution in [2.45, 2.75) is 64.1 Å². The summed E-state index contributed by atoms with van der Waals surface area (Å²) in [5.74, 6) is -2.42. The van der Waals surface area contributed by atoms with Crippen LogP contribution in [0.5, 0.6) is 5.75 Å². The lowest BCUT2D eigenvalue weighted by Crippen LogP contribution is -2.56. The summed E-state index contributed by atoms with van der Waals surface area (Å²) in [5.41, 5.74) is 12.1. The van der Waals surface area contributed by atoms with E-state index in [0.717, 1.165) is 6.42 Å². The Balaban J connectivity index is 2.95. The van der Waals surface area contributed by atoms with E-state index in [9.17, 15) is 24.6 Å². The van der Waals surface area contributed by atoms with Crippen LogP contribution >= 0.6 is 0 Å². The molecule has 8 N–H and O–H groups in total. The third kappa shape index (κ3) is 8.38. The summed E-state index contributed by atoms with van der Waals surface area (Å²) in [6, 6.07) is 3.34. The van der Waals surface area contributed by atoms with Crippen LogP contribution in [0.3, 0.4) is 0 Å². The molecular formula is C21H34N4O5. The molecule has 0 saturated heterocycles. The van der Waals surface area contributed by atoms with E-state index in [4.69, 9.17) is 11.5 Å². The number of carbonyl (C=O) groups excluding carboxylic acids is 2. The van der Waals surface area contributed by atoms with E-state index in [1.807, 2.05) is 6.92 Å². The molecule has 1 aromatic rings. The number of hydrogen-bond donors (Lipinski definition) is 6. The van der Waals surface area contributed by atoms with Crippen molar-refractivity contribution in [2.75, 3.05) is 6.54 Å². The average Bonchev–Trinajstić information content (AvgIpc) is 2.72. The fraction of sp³-hybridized carbons (Fsp3) is 0.571. The first-order valence-corrected chi connectivity index (χ1v) is 10.3. The monoisotopic (exact) mass is 422 g/mol. The molecule has 4 atom stereocenters. The number of hydrogen-bond acceptors (Lipinski definition) is 6. The Hall–Kier alpha value is -2.65. The largest absolute Gasteiger partial charge is 0.508 e. The molecule has 0 heterocycles. The van der Waals surface area contributed by atoms with Crippen LogP contribution in [0.25, 0.3) is 0 Å². The van der Waals surface area contributed by atoms with E-state index in [0.29, 0.717) is 31.4 Å². The van der Waals surface area contributed by atoms with Crippen LogP contribution < -0.4 is 22.1 Å². The highest BCUT2D eigenvalue weighted by Gasteiger charge is 2.30. The molecule has 0 saturated carbocycles. The summed E-state index contributed by atoms with van der Waals surface area (Å²) in [4.78, 5) is 36.9. The summed E-state index contributed by atoms with van der Waals surface area (Å²) in [6.07, 6.45) is 2.56. The molecule has 0 aliphatic carbocycles. The van der Waals surface area contributed by atoms with Gasteiger partial charge in [-0.05, 0) is 43.0 Å². The minimum atomic E-state index is -1.13. The molecule has 0 aliphatic heterocycles. The van der Waals surface area contributed by atoms with Gasteiger partial charge in [-0.25, -0.2) is 4.79 Å². The molecule has 30 heavy (non-hydrogen) atoms. The Morgan fingerprint density at radius 2 is 1.70 bits per heavy atom. The van der Waals surface area contributed by atoms with Crippen molar-refractivity contribution >= 4 is 17.8 Å². The van der Waals surface area contributed by atoms with Crippen LogP contribution in [-0.2, 0) is 20.8 Å². The van der Waals surface area contributed by atoms with Crippen molar-refractivity contribution in [1.29, 1.82) is 0 Å². The average molecular weight is 423 g/mol. The molecule has 9 nitrogen and oxygen atoms in total. The quantitative estimate of drug-likeness (QED) is 0.251. The van der Waals surface area contributed by atoms with Crippen LogP contribution in [0.4, 0.5) is 0 Å². The zero-order chi connectivity index (χ0) is 22.7. The molecule has 0 fully saturated rings. The molecule has 1 aromatic carbocycles. The molecule has 0 aromatic heterocycles. The van der Waals surface area contributed by atoms with Crippen LogP contribution in [-0.4, -0.2) is 52.7 Å². The fourth-order valence-electron chi connectivity index (χ4n) is 2.93. The van der Waals surface area contributed by atoms with Gasteiger partial charge in [0.25, 0.3) is 0 Å². The Bertz CT molecular complexity index is 695. The molecule has 168 valence electrons. The molecule has 0 bridgehead atoms. The number of benzene rings is 1. The van der Waals surface area contributed by atoms with Gasteiger partial charge in [-0.3, -0.25) is 9.59 Å². The first-order valence-electron chi connectivity index (χ1n) is 10.3. The predicted octanol–water partition coefficient (Wildman–Crippen LogP) is 0.491. The summed E-state index contributed by atoms with van der Waals surface area (Å²) in [6.45, 7) is 4.08. The van der Waals surface area contributed by atoms with Gasteiger partial charge in [-0.2, -0.15) is 0 Å². The van der Waals surface area contributed by atoms with Crippen molar-refractivity contribution in [2.24, 2.45) is 17.4 Å². The molecule has 2 amide bonds. The predicted molar refractivity (Wildman–Crippen MR) is 114 cm³/mol. The van der Waals surface area contributed by atoms with E-state index in [-0.39, 0.29) is 18.1 Å². The van der Waals surface area contributed by atoms with Gasteiger partial charge >= 0.3 is 5.97 Å². The van der Waals surface area contributed by atoms with E-state index < -0.39 is 35.9 Å². The lowest BCUT2D eigenvalue weighted by molar-refractivity contribution is -0.143. The number of rotatable bonds is 13. The number of amides is 2. The lowest BCUT2D eigenvalue weighted by atomic mass is 9.98. The number of carboxylic acids is 1. The summed E-state index contributed by atoms with van der Waals surface area (Å²) in [5, 5.41) is 24.1. The zero-order valence-electron chi connectivity index (χ0n) is 17.6. The number of aromatic hydroxyl groups is 1. The van der Waals surface area contributed by atoms with E-state index in [1.165, 1.54) is 12.1 Å². The number of phenols is 1. The standard InChI is InChI=1S/C21H34N4O5/c1-3-13(2)18(21(29)30)25-20(28)17(12-14-7-9-15(26)10-8-14)24-19(27)16(23)6-4-5-11-22/h7-10,13,16-18,26H,3-6,11-12,22-23H2,1-2H3,(H,24,27)(H,25,28)(H,29,30). The molecule has 1 rings (SSSR count). The summed E-state index contributed by atoms with van der Waals surface area (Å²) >= 11 is 0. The highest BCUT2D eigenvalue weighted by atomic mass is 16.4. The van der Waals surface area contributed by atoms with E-state index in [2.05, 4.69) is 10.6 Å². The smallest absolute Gasteiger partial charge is 0.326 e. The molecule has 9 heteroatoms. The minimum absolute atomic E-state index is 0.0772. The number of aliphatic carboxylic acids is 1. The first kappa shape index (κ1) is 25.4. The van der Waals surface area contributed by atoms with Crippen molar-refractivity contribution in [3.05, 3.63) is 29.8 Å². The number of carboxylic acid groups (broad SMARTS) is 1. The van der Waals surface area contributed by atoms with Gasteiger partial charge in [0.05, 0.1) is 6.04 Å². The Morgan fingerprint density at radius 3 is 2.23 bits per heavy atom. The number of phenolic OH excluding ortho intramolecular Hbond substituents is 1. The summed E-state index contributed by atoms with van der Waals surface area (Å²) in [7, 11) is 0. The van der Waals surface area contributed by atoms with Crippen LogP contribution in [0.2, 0.25) is 0 Å². The van der Waals surface area contributed by atoms with Gasteiger partial charge in [0, 0.05) is 6.42 Å². The van der Waals surface area contributed by atoms with Gasteiger partial charge in [-0.15, -0.1) is 0 Å². The van der Waals surface area contributed by atoms with Gasteiger partial charge in [0.2, 0.25) is 11.8 Å². The normalized spacial score (nSPS) is 14.9. The molecule has 0 aliphatic rings. The minimum Gasteiger partial charge on any atom is -0.508 e. The molecule has 0 radical (unpaired) electrons. The van der Waals surface area contributed by atoms with Gasteiger partial charge in [0.1, 0.15) is 17.8 Å². The topological polar surface area (TPSA) is 168 Å². The maximum absolute atomic E-state index is 12.9. The number of carbonyl (C=O) groups is 3. The Labute approximate surface area is 177 Å². The Kier molecular flexibility index (Phi) is 10.8. The van der Waals surface area contributed by atoms with Gasteiger partial charge in [0.15, 0.2) is 0 Å². The lowest BCUT2D eigenvalue weighted by Gasteiger charge is -2.25. The SMILES string of the molecule is CCC(C)C(NC(=O)C(Cc1ccc(O)cc1)NC(=O)C(N)CCCCN)C(=O)O. The third-order valence-electron chi connectivity index (χ3n) is 5.09. The number of nitrogens with one attached hydrogen (secondary N) is 2. The number of unbranched alkanes of at least 4 members (excludes halogenated alkanes) is 1. The number of nitrogens with two attached hydrogens (primary N) is 2. The highest BCUT2D eigenvalue weighted by Crippen LogP contribution is 2.13. The van der Waals surface area contributed by atoms with Crippen LogP contribution in [0.15, 0.2) is 24.3 Å². The van der Waals surface area contributed by atoms with Gasteiger partial charge < -0.3 is 32.3 Å². The van der Waals surface area contributed by atoms with Crippen LogP contribution in [0, 0.1) is 5.92 Å². The van der Waals surface area contributed by atoms with Gasteiger partial charge in [-0.1, -0.05) is 38.8 Å². The first-order chi connectivity index (χ1) is 14.2. The van der Waals surface area contributed by atoms with Crippen molar-refractivity contribution < 1.29 is 24.6 Å². The van der Waals surface area contributed by atoms with Crippen LogP contribution in [0.1, 0.15) is 45.1 Å². The second kappa shape index (κ2) is 12.8. The maximum Gasteiger partial charge on any atom is 0.326 e. The fourth-order valence-corrected chi connectivity index (χ4v) is 2.93.